The molecular weight excluding hydrogens is 359 g/mol. The molecule has 144 valence electrons. The van der Waals surface area contributed by atoms with Crippen molar-refractivity contribution in [2.75, 3.05) is 0 Å². The summed E-state index contributed by atoms with van der Waals surface area (Å²) in [4.78, 5) is 25.1. The van der Waals surface area contributed by atoms with Crippen LogP contribution in [0.25, 0.3) is 5.69 Å². The Labute approximate surface area is 161 Å². The number of nitrogens with one attached hydrogen (secondary N) is 2. The molecule has 2 N–H and O–H groups in total. The number of aromatic nitrogens is 2. The van der Waals surface area contributed by atoms with Crippen LogP contribution in [0.4, 0.5) is 4.39 Å². The van der Waals surface area contributed by atoms with Crippen molar-refractivity contribution in [3.8, 4) is 5.69 Å². The predicted octanol–water partition coefficient (Wildman–Crippen LogP) is 3.41. The van der Waals surface area contributed by atoms with Crippen molar-refractivity contribution in [2.45, 2.75) is 26.7 Å². The van der Waals surface area contributed by atoms with Gasteiger partial charge in [-0.15, -0.1) is 0 Å². The van der Waals surface area contributed by atoms with Gasteiger partial charge in [-0.05, 0) is 49.7 Å². The van der Waals surface area contributed by atoms with Gasteiger partial charge in [0.15, 0.2) is 0 Å². The van der Waals surface area contributed by atoms with E-state index in [4.69, 9.17) is 0 Å². The molecule has 0 radical (unpaired) electrons. The second kappa shape index (κ2) is 8.47. The third-order valence-corrected chi connectivity index (χ3v) is 4.27. The fraction of sp³-hybridized carbons (Fsp3) is 0.190. The predicted molar refractivity (Wildman–Crippen MR) is 106 cm³/mol. The smallest absolute Gasteiger partial charge is 0.280 e. The molecule has 7 heteroatoms. The number of H-pyrrole nitrogens is 1. The monoisotopic (exact) mass is 380 g/mol. The fourth-order valence-corrected chi connectivity index (χ4v) is 2.90. The van der Waals surface area contributed by atoms with Crippen molar-refractivity contribution in [1.29, 1.82) is 0 Å². The van der Waals surface area contributed by atoms with Crippen molar-refractivity contribution in [2.24, 2.45) is 5.10 Å². The molecule has 0 aliphatic heterocycles. The number of carbonyl (C=O) groups excluding carboxylic acids is 1. The molecule has 0 spiro atoms. The molecule has 0 unspecified atom stereocenters. The third kappa shape index (κ3) is 4.09. The summed E-state index contributed by atoms with van der Waals surface area (Å²) in [7, 11) is 0. The Kier molecular flexibility index (Phi) is 5.84. The largest absolute Gasteiger partial charge is 0.294 e. The number of carbonyl (C=O) groups is 1. The van der Waals surface area contributed by atoms with Gasteiger partial charge in [0.1, 0.15) is 5.82 Å². The van der Waals surface area contributed by atoms with Crippen LogP contribution in [0.3, 0.4) is 0 Å². The molecule has 0 aliphatic carbocycles. The lowest BCUT2D eigenvalue weighted by Gasteiger charge is -2.02. The minimum Gasteiger partial charge on any atom is -0.294 e. The number of hydrazone groups is 1. The summed E-state index contributed by atoms with van der Waals surface area (Å²) in [5.41, 5.74) is 4.70. The first-order chi connectivity index (χ1) is 13.5. The van der Waals surface area contributed by atoms with E-state index < -0.39 is 0 Å². The number of hydrogen-bond acceptors (Lipinski definition) is 3. The van der Waals surface area contributed by atoms with E-state index in [2.05, 4.69) is 15.6 Å². The van der Waals surface area contributed by atoms with Crippen LogP contribution in [0, 0.1) is 5.82 Å². The van der Waals surface area contributed by atoms with E-state index in [1.54, 1.807) is 31.2 Å². The van der Waals surface area contributed by atoms with Gasteiger partial charge < -0.3 is 0 Å². The highest BCUT2D eigenvalue weighted by Crippen LogP contribution is 2.12. The molecule has 0 saturated heterocycles. The van der Waals surface area contributed by atoms with Gasteiger partial charge in [-0.25, -0.2) is 14.5 Å². The van der Waals surface area contributed by atoms with Gasteiger partial charge in [-0.2, -0.15) is 5.10 Å². The topological polar surface area (TPSA) is 79.2 Å². The van der Waals surface area contributed by atoms with Crippen molar-refractivity contribution in [3.63, 3.8) is 0 Å². The van der Waals surface area contributed by atoms with Gasteiger partial charge in [-0.1, -0.05) is 31.5 Å². The van der Waals surface area contributed by atoms with Crippen LogP contribution in [-0.4, -0.2) is 21.4 Å². The number of nitrogens with zero attached hydrogens (tertiary/aromatic N) is 2. The van der Waals surface area contributed by atoms with Crippen LogP contribution in [0.2, 0.25) is 0 Å². The summed E-state index contributed by atoms with van der Waals surface area (Å²) in [6, 6.07) is 14.3. The Hall–Kier alpha value is -3.48. The molecule has 2 aromatic carbocycles. The molecule has 0 aliphatic rings. The van der Waals surface area contributed by atoms with E-state index in [1.807, 2.05) is 13.0 Å². The lowest BCUT2D eigenvalue weighted by Crippen LogP contribution is -2.23. The molecule has 6 nitrogen and oxygen atoms in total. The second-order valence-corrected chi connectivity index (χ2v) is 6.34. The van der Waals surface area contributed by atoms with Crippen molar-refractivity contribution in [3.05, 3.63) is 87.6 Å². The van der Waals surface area contributed by atoms with E-state index in [9.17, 15) is 14.0 Å². The van der Waals surface area contributed by atoms with E-state index >= 15 is 0 Å². The molecule has 0 bridgehead atoms. The Morgan fingerprint density at radius 3 is 2.46 bits per heavy atom. The number of amides is 1. The highest BCUT2D eigenvalue weighted by molar-refractivity contribution is 6.01. The van der Waals surface area contributed by atoms with Gasteiger partial charge in [0.05, 0.1) is 17.0 Å². The number of hydrogen-bond donors (Lipinski definition) is 2. The molecule has 3 rings (SSSR count). The molecule has 3 aromatic rings. The summed E-state index contributed by atoms with van der Waals surface area (Å²) in [6.07, 6.45) is 1.46. The second-order valence-electron chi connectivity index (χ2n) is 6.34. The van der Waals surface area contributed by atoms with Crippen LogP contribution in [0.5, 0.6) is 0 Å². The van der Waals surface area contributed by atoms with E-state index in [-0.39, 0.29) is 17.3 Å². The first-order valence-corrected chi connectivity index (χ1v) is 9.01. The third-order valence-electron chi connectivity index (χ3n) is 4.27. The average molecular weight is 380 g/mol. The van der Waals surface area contributed by atoms with Gasteiger partial charge >= 0.3 is 0 Å². The number of aromatic amines is 1. The van der Waals surface area contributed by atoms with Gasteiger partial charge in [0.2, 0.25) is 0 Å². The Morgan fingerprint density at radius 2 is 1.82 bits per heavy atom. The lowest BCUT2D eigenvalue weighted by molar-refractivity contribution is 0.0955. The molecular formula is C21H21FN4O2. The first kappa shape index (κ1) is 19.3. The van der Waals surface area contributed by atoms with Crippen LogP contribution < -0.4 is 11.0 Å². The van der Waals surface area contributed by atoms with Gasteiger partial charge in [0, 0.05) is 11.3 Å². The minimum absolute atomic E-state index is 0.301. The first-order valence-electron chi connectivity index (χ1n) is 9.01. The van der Waals surface area contributed by atoms with E-state index in [0.717, 1.165) is 6.42 Å². The SMILES string of the molecule is CCCc1[nH]n(-c2ccc(F)cc2)c(=O)c1/C(C)=N/NC(=O)c1ccccc1. The summed E-state index contributed by atoms with van der Waals surface area (Å²) >= 11 is 0. The normalized spacial score (nSPS) is 11.5. The Balaban J connectivity index is 1.94. The number of aryl methyl sites for hydroxylation is 1. The molecule has 28 heavy (non-hydrogen) atoms. The zero-order valence-corrected chi connectivity index (χ0v) is 15.7. The maximum absolute atomic E-state index is 13.2. The molecule has 0 fully saturated rings. The summed E-state index contributed by atoms with van der Waals surface area (Å²) < 4.78 is 14.6. The minimum atomic E-state index is -0.376. The standard InChI is InChI=1S/C21H21FN4O2/c1-3-7-18-19(14(2)23-24-20(27)15-8-5-4-6-9-15)21(28)26(25-18)17-12-10-16(22)11-13-17/h4-6,8-13,25H,3,7H2,1-2H3,(H,24,27)/b23-14+. The highest BCUT2D eigenvalue weighted by Gasteiger charge is 2.18. The fourth-order valence-electron chi connectivity index (χ4n) is 2.90. The van der Waals surface area contributed by atoms with Crippen molar-refractivity contribution in [1.82, 2.24) is 15.2 Å². The van der Waals surface area contributed by atoms with Crippen molar-refractivity contribution < 1.29 is 9.18 Å². The van der Waals surface area contributed by atoms with Crippen LogP contribution >= 0.6 is 0 Å². The summed E-state index contributed by atoms with van der Waals surface area (Å²) in [5.74, 6) is -0.731. The zero-order valence-electron chi connectivity index (χ0n) is 15.7. The van der Waals surface area contributed by atoms with Crippen LogP contribution in [0.15, 0.2) is 64.5 Å². The van der Waals surface area contributed by atoms with Crippen molar-refractivity contribution >= 4 is 11.6 Å². The Morgan fingerprint density at radius 1 is 1.14 bits per heavy atom. The van der Waals surface area contributed by atoms with E-state index in [1.165, 1.54) is 28.9 Å². The molecule has 1 aromatic heterocycles. The van der Waals surface area contributed by atoms with Crippen LogP contribution in [-0.2, 0) is 6.42 Å². The zero-order chi connectivity index (χ0) is 20.1. The quantitative estimate of drug-likeness (QED) is 0.508. The lowest BCUT2D eigenvalue weighted by atomic mass is 10.1. The number of benzene rings is 2. The molecule has 0 atom stereocenters. The number of rotatable bonds is 6. The van der Waals surface area contributed by atoms with Gasteiger partial charge in [-0.3, -0.25) is 14.7 Å². The molecule has 0 saturated carbocycles. The summed E-state index contributed by atoms with van der Waals surface area (Å²) in [6.45, 7) is 3.67. The van der Waals surface area contributed by atoms with Gasteiger partial charge in [0.25, 0.3) is 11.5 Å². The Bertz CT molecular complexity index is 1050. The average Bonchev–Trinajstić information content (AvgIpc) is 3.03. The molecule has 1 amide bonds. The maximum atomic E-state index is 13.2. The van der Waals surface area contributed by atoms with Crippen LogP contribution in [0.1, 0.15) is 41.9 Å². The maximum Gasteiger partial charge on any atom is 0.280 e. The van der Waals surface area contributed by atoms with E-state index in [0.29, 0.717) is 34.6 Å². The molecule has 1 heterocycles. The number of halogens is 1. The summed E-state index contributed by atoms with van der Waals surface area (Å²) in [5, 5.41) is 7.19. The highest BCUT2D eigenvalue weighted by atomic mass is 19.1.